The van der Waals surface area contributed by atoms with Crippen LogP contribution < -0.4 is 5.32 Å². The molecule has 0 unspecified atom stereocenters. The van der Waals surface area contributed by atoms with Crippen LogP contribution in [-0.2, 0) is 16.4 Å². The highest BCUT2D eigenvalue weighted by Gasteiger charge is 2.08. The number of thiophene rings is 1. The molecule has 1 aromatic rings. The summed E-state index contributed by atoms with van der Waals surface area (Å²) in [7, 11) is -2.84. The van der Waals surface area contributed by atoms with Crippen molar-refractivity contribution in [3.05, 3.63) is 21.9 Å². The lowest BCUT2D eigenvalue weighted by molar-refractivity contribution is 0.589. The van der Waals surface area contributed by atoms with Gasteiger partial charge in [0.15, 0.2) is 9.84 Å². The van der Waals surface area contributed by atoms with Gasteiger partial charge in [0.2, 0.25) is 0 Å². The van der Waals surface area contributed by atoms with E-state index < -0.39 is 9.84 Å². The maximum Gasteiger partial charge on any atom is 0.151 e. The fraction of sp³-hybridized carbons (Fsp3) is 0.636. The Morgan fingerprint density at radius 3 is 2.69 bits per heavy atom. The Morgan fingerprint density at radius 2 is 2.12 bits per heavy atom. The number of sulfone groups is 1. The summed E-state index contributed by atoms with van der Waals surface area (Å²) in [6.07, 6.45) is 0.701. The molecular weight excluding hydrogens is 242 g/mol. The third-order valence-electron chi connectivity index (χ3n) is 2.36. The minimum Gasteiger partial charge on any atom is -0.311 e. The van der Waals surface area contributed by atoms with Crippen LogP contribution in [-0.4, -0.2) is 26.5 Å². The molecule has 0 aliphatic rings. The summed E-state index contributed by atoms with van der Waals surface area (Å²) in [6.45, 7) is 5.27. The van der Waals surface area contributed by atoms with Crippen LogP contribution in [0.25, 0.3) is 0 Å². The highest BCUT2D eigenvalue weighted by Crippen LogP contribution is 2.14. The molecular formula is C11H19NO2S2. The molecule has 0 bridgehead atoms. The van der Waals surface area contributed by atoms with E-state index in [0.717, 1.165) is 6.54 Å². The second-order valence-electron chi connectivity index (χ2n) is 3.86. The van der Waals surface area contributed by atoms with E-state index in [2.05, 4.69) is 23.7 Å². The van der Waals surface area contributed by atoms with Crippen LogP contribution in [0.4, 0.5) is 0 Å². The van der Waals surface area contributed by atoms with Crippen LogP contribution in [0.15, 0.2) is 11.4 Å². The summed E-state index contributed by atoms with van der Waals surface area (Å²) >= 11 is 1.71. The van der Waals surface area contributed by atoms with Gasteiger partial charge in [-0.05, 0) is 30.4 Å². The van der Waals surface area contributed by atoms with Crippen LogP contribution in [0.3, 0.4) is 0 Å². The lowest BCUT2D eigenvalue weighted by Gasteiger charge is -2.05. The van der Waals surface area contributed by atoms with E-state index in [1.54, 1.807) is 11.3 Å². The van der Waals surface area contributed by atoms with Crippen LogP contribution in [0.5, 0.6) is 0 Å². The number of hydrogen-bond acceptors (Lipinski definition) is 4. The molecule has 1 heterocycles. The van der Waals surface area contributed by atoms with Gasteiger partial charge in [-0.3, -0.25) is 0 Å². The van der Waals surface area contributed by atoms with E-state index in [4.69, 9.17) is 0 Å². The molecule has 0 fully saturated rings. The quantitative estimate of drug-likeness (QED) is 0.763. The Morgan fingerprint density at radius 1 is 1.38 bits per heavy atom. The summed E-state index contributed by atoms with van der Waals surface area (Å²) in [5.74, 6) is 0.540. The molecule has 0 amide bonds. The Balaban J connectivity index is 2.25. The molecule has 1 aromatic heterocycles. The van der Waals surface area contributed by atoms with Crippen molar-refractivity contribution in [1.29, 1.82) is 0 Å². The second kappa shape index (κ2) is 6.37. The van der Waals surface area contributed by atoms with E-state index >= 15 is 0 Å². The smallest absolute Gasteiger partial charge is 0.151 e. The molecule has 1 rings (SSSR count). The Bertz CT molecular complexity index is 409. The van der Waals surface area contributed by atoms with Gasteiger partial charge in [-0.2, -0.15) is 0 Å². The molecule has 0 saturated carbocycles. The zero-order valence-corrected chi connectivity index (χ0v) is 11.5. The van der Waals surface area contributed by atoms with E-state index in [0.29, 0.717) is 18.7 Å². The van der Waals surface area contributed by atoms with Crippen molar-refractivity contribution >= 4 is 21.2 Å². The topological polar surface area (TPSA) is 46.2 Å². The first-order valence-electron chi connectivity index (χ1n) is 5.49. The number of rotatable bonds is 7. The minimum absolute atomic E-state index is 0.241. The fourth-order valence-electron chi connectivity index (χ4n) is 1.43. The Kier molecular flexibility index (Phi) is 5.44. The van der Waals surface area contributed by atoms with Crippen molar-refractivity contribution in [1.82, 2.24) is 5.32 Å². The van der Waals surface area contributed by atoms with Gasteiger partial charge in [0.25, 0.3) is 0 Å². The monoisotopic (exact) mass is 261 g/mol. The molecule has 0 radical (unpaired) electrons. The summed E-state index contributed by atoms with van der Waals surface area (Å²) in [4.78, 5) is 1.29. The van der Waals surface area contributed by atoms with Gasteiger partial charge in [-0.1, -0.05) is 6.92 Å². The first-order valence-corrected chi connectivity index (χ1v) is 8.19. The van der Waals surface area contributed by atoms with Crippen molar-refractivity contribution in [2.24, 2.45) is 0 Å². The van der Waals surface area contributed by atoms with E-state index in [1.807, 2.05) is 6.92 Å². The molecule has 5 heteroatoms. The van der Waals surface area contributed by atoms with Crippen LogP contribution >= 0.6 is 11.3 Å². The fourth-order valence-corrected chi connectivity index (χ4v) is 3.59. The Labute approximate surface area is 102 Å². The largest absolute Gasteiger partial charge is 0.311 e. The number of hydrogen-bond donors (Lipinski definition) is 1. The molecule has 0 saturated heterocycles. The van der Waals surface area contributed by atoms with E-state index in [1.165, 1.54) is 10.4 Å². The van der Waals surface area contributed by atoms with E-state index in [9.17, 15) is 8.42 Å². The van der Waals surface area contributed by atoms with Gasteiger partial charge in [0.05, 0.1) is 5.75 Å². The van der Waals surface area contributed by atoms with Crippen molar-refractivity contribution in [2.45, 2.75) is 26.8 Å². The predicted octanol–water partition coefficient (Wildman–Crippen LogP) is 1.97. The third kappa shape index (κ3) is 4.63. The van der Waals surface area contributed by atoms with Crippen molar-refractivity contribution < 1.29 is 8.42 Å². The van der Waals surface area contributed by atoms with Crippen LogP contribution in [0, 0.1) is 6.92 Å². The summed E-state index contributed by atoms with van der Waals surface area (Å²) < 4.78 is 22.8. The van der Waals surface area contributed by atoms with Gasteiger partial charge in [-0.25, -0.2) is 8.42 Å². The summed E-state index contributed by atoms with van der Waals surface area (Å²) in [6, 6.07) is 2.08. The highest BCUT2D eigenvalue weighted by molar-refractivity contribution is 7.91. The first kappa shape index (κ1) is 13.7. The average molecular weight is 261 g/mol. The Hall–Kier alpha value is -0.390. The maximum atomic E-state index is 11.4. The molecule has 0 aliphatic heterocycles. The highest BCUT2D eigenvalue weighted by atomic mass is 32.2. The zero-order valence-electron chi connectivity index (χ0n) is 9.82. The predicted molar refractivity (Wildman–Crippen MR) is 69.7 cm³/mol. The van der Waals surface area contributed by atoms with Gasteiger partial charge in [-0.15, -0.1) is 11.3 Å². The van der Waals surface area contributed by atoms with Crippen LogP contribution in [0.1, 0.15) is 23.8 Å². The SMILES string of the molecule is CCCS(=O)(=O)CCNCc1sccc1C. The molecule has 0 spiro atoms. The molecule has 16 heavy (non-hydrogen) atoms. The molecule has 0 aliphatic carbocycles. The average Bonchev–Trinajstić information content (AvgIpc) is 2.59. The maximum absolute atomic E-state index is 11.4. The summed E-state index contributed by atoms with van der Waals surface area (Å²) in [5.41, 5.74) is 1.27. The van der Waals surface area contributed by atoms with Gasteiger partial charge < -0.3 is 5.32 Å². The van der Waals surface area contributed by atoms with Crippen molar-refractivity contribution in [2.75, 3.05) is 18.1 Å². The van der Waals surface area contributed by atoms with E-state index in [-0.39, 0.29) is 5.75 Å². The molecule has 0 aromatic carbocycles. The number of nitrogens with one attached hydrogen (secondary N) is 1. The van der Waals surface area contributed by atoms with Crippen LogP contribution in [0.2, 0.25) is 0 Å². The second-order valence-corrected chi connectivity index (χ2v) is 7.16. The lowest BCUT2D eigenvalue weighted by atomic mass is 10.3. The van der Waals surface area contributed by atoms with Crippen molar-refractivity contribution in [3.8, 4) is 0 Å². The molecule has 3 nitrogen and oxygen atoms in total. The standard InChI is InChI=1S/C11H19NO2S2/c1-3-7-16(13,14)8-5-12-9-11-10(2)4-6-15-11/h4,6,12H,3,5,7-9H2,1-2H3. The minimum atomic E-state index is -2.84. The van der Waals surface area contributed by atoms with Gasteiger partial charge in [0, 0.05) is 23.7 Å². The van der Waals surface area contributed by atoms with Gasteiger partial charge >= 0.3 is 0 Å². The summed E-state index contributed by atoms with van der Waals surface area (Å²) in [5, 5.41) is 5.23. The third-order valence-corrected chi connectivity index (χ3v) is 5.24. The van der Waals surface area contributed by atoms with Gasteiger partial charge in [0.1, 0.15) is 0 Å². The normalized spacial score (nSPS) is 11.9. The molecule has 1 N–H and O–H groups in total. The zero-order chi connectivity index (χ0) is 12.0. The lowest BCUT2D eigenvalue weighted by Crippen LogP contribution is -2.23. The number of aryl methyl sites for hydroxylation is 1. The van der Waals surface area contributed by atoms with Crippen molar-refractivity contribution in [3.63, 3.8) is 0 Å². The first-order chi connectivity index (χ1) is 7.55. The molecule has 0 atom stereocenters. The molecule has 92 valence electrons.